The maximum absolute atomic E-state index is 12.3. The second kappa shape index (κ2) is 5.08. The quantitative estimate of drug-likeness (QED) is 0.847. The third kappa shape index (κ3) is 2.63. The molecule has 5 heteroatoms. The molecule has 0 saturated heterocycles. The fourth-order valence-corrected chi connectivity index (χ4v) is 2.09. The summed E-state index contributed by atoms with van der Waals surface area (Å²) in [5, 5.41) is 0.155. The fraction of sp³-hybridized carbons (Fsp3) is 0.667. The smallest absolute Gasteiger partial charge is 0.297 e. The van der Waals surface area contributed by atoms with Gasteiger partial charge in [-0.2, -0.15) is 0 Å². The van der Waals surface area contributed by atoms with Crippen molar-refractivity contribution in [2.24, 2.45) is 5.92 Å². The van der Waals surface area contributed by atoms with Crippen LogP contribution < -0.4 is 11.2 Å². The Kier molecular flexibility index (Phi) is 4.20. The van der Waals surface area contributed by atoms with E-state index in [0.29, 0.717) is 5.56 Å². The average Bonchev–Trinajstić information content (AvgIpc) is 2.15. The first-order valence-corrected chi connectivity index (χ1v) is 6.19. The van der Waals surface area contributed by atoms with Crippen LogP contribution in [0.3, 0.4) is 0 Å². The summed E-state index contributed by atoms with van der Waals surface area (Å²) in [4.78, 5) is 26.6. The zero-order valence-electron chi connectivity index (χ0n) is 10.9. The Balaban J connectivity index is 3.58. The first kappa shape index (κ1) is 14.0. The van der Waals surface area contributed by atoms with Crippen LogP contribution in [0, 0.1) is 5.92 Å². The minimum Gasteiger partial charge on any atom is -0.297 e. The number of nitrogens with zero attached hydrogens (tertiary/aromatic N) is 1. The molecule has 1 unspecified atom stereocenters. The van der Waals surface area contributed by atoms with E-state index in [-0.39, 0.29) is 28.6 Å². The minimum absolute atomic E-state index is 0.0162. The topological polar surface area (TPSA) is 54.9 Å². The third-order valence-corrected chi connectivity index (χ3v) is 3.37. The van der Waals surface area contributed by atoms with E-state index < -0.39 is 5.69 Å². The summed E-state index contributed by atoms with van der Waals surface area (Å²) in [7, 11) is 0. The molecule has 0 aliphatic heterocycles. The number of halogens is 1. The lowest BCUT2D eigenvalue weighted by Gasteiger charge is -2.19. The molecular weight excluding hydrogens is 240 g/mol. The van der Waals surface area contributed by atoms with Crippen molar-refractivity contribution in [1.82, 2.24) is 9.55 Å². The molecule has 17 heavy (non-hydrogen) atoms. The van der Waals surface area contributed by atoms with Crippen molar-refractivity contribution in [3.05, 3.63) is 31.6 Å². The molecule has 4 nitrogen and oxygen atoms in total. The monoisotopic (exact) mass is 258 g/mol. The summed E-state index contributed by atoms with van der Waals surface area (Å²) in [6.07, 6.45) is 0. The summed E-state index contributed by atoms with van der Waals surface area (Å²) in [6, 6.07) is -0.152. The molecule has 0 amide bonds. The zero-order valence-corrected chi connectivity index (χ0v) is 11.6. The summed E-state index contributed by atoms with van der Waals surface area (Å²) in [5.41, 5.74) is -0.251. The molecule has 1 heterocycles. The standard InChI is InChI=1S/C12H19ClN2O2/c1-6(2)8(5)15-11(16)9(7(3)4)10(13)14-12(15)17/h6-8H,1-5H3,(H,14,17). The van der Waals surface area contributed by atoms with Crippen molar-refractivity contribution in [2.75, 3.05) is 0 Å². The number of H-pyrrole nitrogens is 1. The number of hydrogen-bond donors (Lipinski definition) is 1. The molecule has 96 valence electrons. The highest BCUT2D eigenvalue weighted by atomic mass is 35.5. The lowest BCUT2D eigenvalue weighted by atomic mass is 10.0. The number of aromatic amines is 1. The molecule has 0 bridgehead atoms. The molecule has 0 aliphatic rings. The fourth-order valence-electron chi connectivity index (χ4n) is 1.71. The first-order chi connectivity index (χ1) is 7.77. The lowest BCUT2D eigenvalue weighted by Crippen LogP contribution is -2.41. The van der Waals surface area contributed by atoms with E-state index in [1.165, 1.54) is 4.57 Å². The summed E-state index contributed by atoms with van der Waals surface area (Å²) in [6.45, 7) is 9.57. The Morgan fingerprint density at radius 3 is 2.06 bits per heavy atom. The molecule has 1 rings (SSSR count). The Labute approximate surface area is 106 Å². The van der Waals surface area contributed by atoms with Gasteiger partial charge in [-0.15, -0.1) is 0 Å². The van der Waals surface area contributed by atoms with Crippen molar-refractivity contribution in [3.63, 3.8) is 0 Å². The van der Waals surface area contributed by atoms with Gasteiger partial charge >= 0.3 is 5.69 Å². The summed E-state index contributed by atoms with van der Waals surface area (Å²) >= 11 is 5.92. The summed E-state index contributed by atoms with van der Waals surface area (Å²) < 4.78 is 1.26. The van der Waals surface area contributed by atoms with E-state index in [2.05, 4.69) is 4.98 Å². The predicted molar refractivity (Wildman–Crippen MR) is 70.0 cm³/mol. The lowest BCUT2D eigenvalue weighted by molar-refractivity contribution is 0.381. The van der Waals surface area contributed by atoms with Crippen LogP contribution in [0.1, 0.15) is 52.1 Å². The molecule has 0 radical (unpaired) electrons. The minimum atomic E-state index is -0.439. The van der Waals surface area contributed by atoms with Crippen LogP contribution in [0.25, 0.3) is 0 Å². The van der Waals surface area contributed by atoms with Crippen LogP contribution in [0.15, 0.2) is 9.59 Å². The molecule has 0 spiro atoms. The van der Waals surface area contributed by atoms with Gasteiger partial charge in [0, 0.05) is 6.04 Å². The van der Waals surface area contributed by atoms with E-state index in [1.807, 2.05) is 34.6 Å². The number of nitrogens with one attached hydrogen (secondary N) is 1. The van der Waals surface area contributed by atoms with Gasteiger partial charge in [-0.3, -0.25) is 14.3 Å². The molecule has 1 atom stereocenters. The van der Waals surface area contributed by atoms with Crippen molar-refractivity contribution in [3.8, 4) is 0 Å². The number of aromatic nitrogens is 2. The largest absolute Gasteiger partial charge is 0.329 e. The van der Waals surface area contributed by atoms with Gasteiger partial charge in [-0.25, -0.2) is 4.79 Å². The van der Waals surface area contributed by atoms with Gasteiger partial charge in [0.2, 0.25) is 0 Å². The molecule has 1 aromatic heterocycles. The van der Waals surface area contributed by atoms with Crippen LogP contribution in [0.5, 0.6) is 0 Å². The normalized spacial score (nSPS) is 13.4. The number of rotatable bonds is 3. The molecular formula is C12H19ClN2O2. The van der Waals surface area contributed by atoms with Crippen molar-refractivity contribution >= 4 is 11.6 Å². The van der Waals surface area contributed by atoms with Gasteiger partial charge in [0.1, 0.15) is 5.15 Å². The van der Waals surface area contributed by atoms with E-state index >= 15 is 0 Å². The Morgan fingerprint density at radius 2 is 1.65 bits per heavy atom. The van der Waals surface area contributed by atoms with Gasteiger partial charge in [-0.1, -0.05) is 39.3 Å². The van der Waals surface area contributed by atoms with Gasteiger partial charge in [-0.05, 0) is 18.8 Å². The second-order valence-corrected chi connectivity index (χ2v) is 5.35. The third-order valence-electron chi connectivity index (χ3n) is 3.07. The van der Waals surface area contributed by atoms with E-state index in [0.717, 1.165) is 0 Å². The van der Waals surface area contributed by atoms with Gasteiger partial charge < -0.3 is 0 Å². The molecule has 1 N–H and O–H groups in total. The highest BCUT2D eigenvalue weighted by molar-refractivity contribution is 6.30. The molecule has 0 saturated carbocycles. The molecule has 0 aliphatic carbocycles. The van der Waals surface area contributed by atoms with Crippen LogP contribution in [-0.4, -0.2) is 9.55 Å². The zero-order chi connectivity index (χ0) is 13.3. The molecule has 0 aromatic carbocycles. The predicted octanol–water partition coefficient (Wildman–Crippen LogP) is 2.53. The van der Waals surface area contributed by atoms with Crippen LogP contribution >= 0.6 is 11.6 Å². The maximum Gasteiger partial charge on any atom is 0.329 e. The second-order valence-electron chi connectivity index (χ2n) is 4.97. The maximum atomic E-state index is 12.3. The molecule has 1 aromatic rings. The summed E-state index contributed by atoms with van der Waals surface area (Å²) in [5.74, 6) is 0.187. The van der Waals surface area contributed by atoms with Crippen LogP contribution in [0.4, 0.5) is 0 Å². The van der Waals surface area contributed by atoms with Crippen LogP contribution in [-0.2, 0) is 0 Å². The Hall–Kier alpha value is -1.03. The molecule has 0 fully saturated rings. The SMILES string of the molecule is CC(C)c1c(Cl)[nH]c(=O)n(C(C)C(C)C)c1=O. The van der Waals surface area contributed by atoms with Crippen molar-refractivity contribution in [2.45, 2.75) is 46.6 Å². The van der Waals surface area contributed by atoms with Crippen LogP contribution in [0.2, 0.25) is 5.15 Å². The van der Waals surface area contributed by atoms with Gasteiger partial charge in [0.25, 0.3) is 5.56 Å². The Bertz CT molecular complexity index is 514. The van der Waals surface area contributed by atoms with Crippen molar-refractivity contribution < 1.29 is 0 Å². The van der Waals surface area contributed by atoms with E-state index in [1.54, 1.807) is 0 Å². The van der Waals surface area contributed by atoms with E-state index in [9.17, 15) is 9.59 Å². The highest BCUT2D eigenvalue weighted by Gasteiger charge is 2.20. The Morgan fingerprint density at radius 1 is 1.12 bits per heavy atom. The highest BCUT2D eigenvalue weighted by Crippen LogP contribution is 2.19. The first-order valence-electron chi connectivity index (χ1n) is 5.81. The number of hydrogen-bond acceptors (Lipinski definition) is 2. The van der Waals surface area contributed by atoms with Crippen molar-refractivity contribution in [1.29, 1.82) is 0 Å². The van der Waals surface area contributed by atoms with E-state index in [4.69, 9.17) is 11.6 Å². The average molecular weight is 259 g/mol. The van der Waals surface area contributed by atoms with Gasteiger partial charge in [0.15, 0.2) is 0 Å². The van der Waals surface area contributed by atoms with Gasteiger partial charge in [0.05, 0.1) is 5.56 Å².